The lowest BCUT2D eigenvalue weighted by atomic mass is 9.89. The van der Waals surface area contributed by atoms with Gasteiger partial charge in [0.25, 0.3) is 0 Å². The molecule has 0 bridgehead atoms. The molecule has 1 aliphatic heterocycles. The molecule has 5 aromatic rings. The first-order chi connectivity index (χ1) is 25.4. The Morgan fingerprint density at radius 3 is 1.90 bits per heavy atom. The predicted molar refractivity (Wildman–Crippen MR) is 201 cm³/mol. The Hall–Kier alpha value is -5.12. The van der Waals surface area contributed by atoms with Crippen molar-refractivity contribution >= 4 is 11.9 Å². The molecule has 1 amide bonds. The fourth-order valence-corrected chi connectivity index (χ4v) is 6.73. The SMILES string of the molecule is C[C@H]1[C@@H](CN(Cc2ccccc2)Cc2ccccc2)O[C@@H](c2ccc(-c3ccccc3CNC(=O)CCC(=O)O)cc2)O[C@H]1c1ccc(CO)cc1. The highest BCUT2D eigenvalue weighted by atomic mass is 16.7. The van der Waals surface area contributed by atoms with E-state index in [1.807, 2.05) is 84.9 Å². The average molecular weight is 699 g/mol. The summed E-state index contributed by atoms with van der Waals surface area (Å²) in [6.07, 6.45) is -1.27. The molecule has 268 valence electrons. The largest absolute Gasteiger partial charge is 0.481 e. The molecule has 1 aliphatic rings. The van der Waals surface area contributed by atoms with E-state index in [0.29, 0.717) is 13.1 Å². The van der Waals surface area contributed by atoms with Crippen molar-refractivity contribution in [3.63, 3.8) is 0 Å². The maximum Gasteiger partial charge on any atom is 0.303 e. The number of carbonyl (C=O) groups is 2. The van der Waals surface area contributed by atoms with Gasteiger partial charge in [-0.1, -0.05) is 140 Å². The van der Waals surface area contributed by atoms with Crippen LogP contribution in [0.15, 0.2) is 133 Å². The molecule has 0 saturated carbocycles. The smallest absolute Gasteiger partial charge is 0.303 e. The highest BCUT2D eigenvalue weighted by Gasteiger charge is 2.39. The minimum absolute atomic E-state index is 0.0176. The monoisotopic (exact) mass is 698 g/mol. The Bertz CT molecular complexity index is 1840. The number of hydrogen-bond acceptors (Lipinski definition) is 6. The maximum atomic E-state index is 12.2. The molecule has 8 heteroatoms. The van der Waals surface area contributed by atoms with Crippen molar-refractivity contribution in [1.82, 2.24) is 10.2 Å². The number of nitrogens with zero attached hydrogens (tertiary/aromatic N) is 1. The van der Waals surface area contributed by atoms with Gasteiger partial charge < -0.3 is 25.0 Å². The average Bonchev–Trinajstić information content (AvgIpc) is 3.18. The summed E-state index contributed by atoms with van der Waals surface area (Å²) in [4.78, 5) is 25.6. The normalized spacial score (nSPS) is 18.6. The highest BCUT2D eigenvalue weighted by molar-refractivity contribution is 5.80. The summed E-state index contributed by atoms with van der Waals surface area (Å²) in [6, 6.07) is 45.0. The molecule has 0 aromatic heterocycles. The van der Waals surface area contributed by atoms with Gasteiger partial charge in [-0.05, 0) is 38.9 Å². The van der Waals surface area contributed by atoms with Crippen LogP contribution in [0.1, 0.15) is 65.5 Å². The van der Waals surface area contributed by atoms with Gasteiger partial charge in [-0.2, -0.15) is 0 Å². The molecule has 8 nitrogen and oxygen atoms in total. The molecule has 52 heavy (non-hydrogen) atoms. The number of carboxylic acids is 1. The minimum Gasteiger partial charge on any atom is -0.481 e. The molecule has 3 N–H and O–H groups in total. The predicted octanol–water partition coefficient (Wildman–Crippen LogP) is 7.82. The number of carboxylic acid groups (broad SMARTS) is 1. The van der Waals surface area contributed by atoms with E-state index in [4.69, 9.17) is 14.6 Å². The zero-order chi connectivity index (χ0) is 36.3. The zero-order valence-electron chi connectivity index (χ0n) is 29.4. The Balaban J connectivity index is 1.25. The number of benzene rings is 5. The minimum atomic E-state index is -0.995. The maximum absolute atomic E-state index is 12.2. The molecule has 5 aromatic carbocycles. The second-order valence-corrected chi connectivity index (χ2v) is 13.4. The molecule has 1 fully saturated rings. The molecular formula is C44H46N2O6. The van der Waals surface area contributed by atoms with E-state index >= 15 is 0 Å². The second-order valence-electron chi connectivity index (χ2n) is 13.4. The number of amides is 1. The van der Waals surface area contributed by atoms with Crippen LogP contribution >= 0.6 is 0 Å². The number of hydrogen-bond donors (Lipinski definition) is 3. The van der Waals surface area contributed by atoms with Gasteiger partial charge in [0.1, 0.15) is 0 Å². The third-order valence-electron chi connectivity index (χ3n) is 9.61. The quantitative estimate of drug-likeness (QED) is 0.102. The van der Waals surface area contributed by atoms with Gasteiger partial charge in [-0.3, -0.25) is 14.5 Å². The van der Waals surface area contributed by atoms with E-state index < -0.39 is 12.3 Å². The summed E-state index contributed by atoms with van der Waals surface area (Å²) < 4.78 is 13.6. The van der Waals surface area contributed by atoms with Crippen LogP contribution in [0.2, 0.25) is 0 Å². The third-order valence-corrected chi connectivity index (χ3v) is 9.61. The van der Waals surface area contributed by atoms with Crippen molar-refractivity contribution in [2.75, 3.05) is 6.54 Å². The van der Waals surface area contributed by atoms with Crippen LogP contribution in [-0.4, -0.2) is 39.6 Å². The van der Waals surface area contributed by atoms with Crippen LogP contribution in [0.25, 0.3) is 11.1 Å². The van der Waals surface area contributed by atoms with Gasteiger partial charge >= 0.3 is 5.97 Å². The molecule has 0 unspecified atom stereocenters. The standard InChI is InChI=1S/C44H46N2O6/c1-31-40(29-46(27-32-10-4-2-5-11-32)28-33-12-6-3-7-13-33)51-44(52-43(31)36-18-16-34(30-47)17-19-36)37-22-20-35(21-23-37)39-15-9-8-14-38(39)26-45-41(48)24-25-42(49)50/h2-23,31,40,43-44,47H,24-30H2,1H3,(H,45,48)(H,49,50)/t31-,40+,43+,44+/m0/s1. The first-order valence-electron chi connectivity index (χ1n) is 17.8. The first-order valence-corrected chi connectivity index (χ1v) is 17.8. The topological polar surface area (TPSA) is 108 Å². The number of carbonyl (C=O) groups excluding carboxylic acids is 1. The summed E-state index contributed by atoms with van der Waals surface area (Å²) in [5.41, 5.74) is 8.15. The number of ether oxygens (including phenoxy) is 2. The lowest BCUT2D eigenvalue weighted by molar-refractivity contribution is -0.276. The summed E-state index contributed by atoms with van der Waals surface area (Å²) >= 11 is 0. The molecule has 0 radical (unpaired) electrons. The van der Waals surface area contributed by atoms with Crippen LogP contribution in [0, 0.1) is 5.92 Å². The Labute approximate surface area is 305 Å². The number of aliphatic hydroxyl groups excluding tert-OH is 1. The Morgan fingerprint density at radius 1 is 0.692 bits per heavy atom. The van der Waals surface area contributed by atoms with E-state index in [0.717, 1.165) is 46.5 Å². The van der Waals surface area contributed by atoms with Crippen molar-refractivity contribution in [2.24, 2.45) is 5.92 Å². The summed E-state index contributed by atoms with van der Waals surface area (Å²) in [7, 11) is 0. The Kier molecular flexibility index (Phi) is 12.6. The van der Waals surface area contributed by atoms with Crippen LogP contribution in [0.3, 0.4) is 0 Å². The van der Waals surface area contributed by atoms with E-state index in [-0.39, 0.29) is 43.5 Å². The van der Waals surface area contributed by atoms with E-state index in [1.165, 1.54) is 11.1 Å². The Morgan fingerprint density at radius 2 is 1.29 bits per heavy atom. The molecule has 4 atom stereocenters. The summed E-state index contributed by atoms with van der Waals surface area (Å²) in [6.45, 7) is 4.71. The summed E-state index contributed by atoms with van der Waals surface area (Å²) in [5, 5.41) is 21.5. The number of aliphatic carboxylic acids is 1. The number of aliphatic hydroxyl groups is 1. The molecule has 0 spiro atoms. The van der Waals surface area contributed by atoms with Crippen LogP contribution in [0.5, 0.6) is 0 Å². The number of nitrogens with one attached hydrogen (secondary N) is 1. The summed E-state index contributed by atoms with van der Waals surface area (Å²) in [5.74, 6) is -1.26. The molecule has 6 rings (SSSR count). The van der Waals surface area contributed by atoms with Crippen LogP contribution in [-0.2, 0) is 45.3 Å². The number of rotatable bonds is 15. The fraction of sp³-hybridized carbons (Fsp3) is 0.273. The van der Waals surface area contributed by atoms with Crippen LogP contribution in [0.4, 0.5) is 0 Å². The van der Waals surface area contributed by atoms with Crippen molar-refractivity contribution in [3.8, 4) is 11.1 Å². The van der Waals surface area contributed by atoms with Crippen LogP contribution < -0.4 is 5.32 Å². The van der Waals surface area contributed by atoms with Gasteiger partial charge in [0.2, 0.25) is 5.91 Å². The van der Waals surface area contributed by atoms with E-state index in [9.17, 15) is 14.7 Å². The van der Waals surface area contributed by atoms with Crippen molar-refractivity contribution < 1.29 is 29.3 Å². The lowest BCUT2D eigenvalue weighted by Gasteiger charge is -2.43. The third kappa shape index (κ3) is 9.80. The zero-order valence-corrected chi connectivity index (χ0v) is 29.4. The van der Waals surface area contributed by atoms with Crippen molar-refractivity contribution in [1.29, 1.82) is 0 Å². The first kappa shape index (κ1) is 36.7. The van der Waals surface area contributed by atoms with Gasteiger partial charge in [0, 0.05) is 44.1 Å². The lowest BCUT2D eigenvalue weighted by Crippen LogP contribution is -2.44. The van der Waals surface area contributed by atoms with Gasteiger partial charge in [-0.25, -0.2) is 0 Å². The van der Waals surface area contributed by atoms with Crippen molar-refractivity contribution in [2.45, 2.75) is 64.5 Å². The molecule has 0 aliphatic carbocycles. The van der Waals surface area contributed by atoms with Gasteiger partial charge in [0.15, 0.2) is 6.29 Å². The second kappa shape index (κ2) is 17.9. The molecule has 1 saturated heterocycles. The van der Waals surface area contributed by atoms with Crippen molar-refractivity contribution in [3.05, 3.63) is 167 Å². The fourth-order valence-electron chi connectivity index (χ4n) is 6.73. The van der Waals surface area contributed by atoms with E-state index in [1.54, 1.807) is 0 Å². The highest BCUT2D eigenvalue weighted by Crippen LogP contribution is 2.42. The molecule has 1 heterocycles. The van der Waals surface area contributed by atoms with Gasteiger partial charge in [-0.15, -0.1) is 0 Å². The van der Waals surface area contributed by atoms with E-state index in [2.05, 4.69) is 65.7 Å². The molecular weight excluding hydrogens is 652 g/mol. The van der Waals surface area contributed by atoms with Gasteiger partial charge in [0.05, 0.1) is 25.2 Å².